The van der Waals surface area contributed by atoms with E-state index in [1.165, 1.54) is 32.1 Å². The number of carbonyl (C=O) groups is 3. The van der Waals surface area contributed by atoms with Crippen LogP contribution in [0.2, 0.25) is 0 Å². The molecule has 2 N–H and O–H groups in total. The first-order chi connectivity index (χ1) is 11.5. The molecule has 1 aromatic heterocycles. The number of carbonyl (C=O) groups excluding carboxylic acids is 1. The summed E-state index contributed by atoms with van der Waals surface area (Å²) < 4.78 is 23.7. The molecule has 10 heteroatoms. The van der Waals surface area contributed by atoms with Crippen molar-refractivity contribution in [1.29, 1.82) is 0 Å². The van der Waals surface area contributed by atoms with E-state index in [-0.39, 0.29) is 16.8 Å². The quantitative estimate of drug-likeness (QED) is 0.562. The molecule has 1 aromatic rings. The average Bonchev–Trinajstić information content (AvgIpc) is 2.66. The molecule has 2 aliphatic heterocycles. The topological polar surface area (TPSA) is 142 Å². The zero-order chi connectivity index (χ0) is 18.7. The van der Waals surface area contributed by atoms with Crippen LogP contribution in [0.3, 0.4) is 0 Å². The number of carboxylic acids is 2. The van der Waals surface area contributed by atoms with E-state index in [0.29, 0.717) is 0 Å². The van der Waals surface area contributed by atoms with Gasteiger partial charge in [0.15, 0.2) is 21.3 Å². The Balaban J connectivity index is 2.03. The first kappa shape index (κ1) is 17.1. The third kappa shape index (κ3) is 2.17. The average molecular weight is 366 g/mol. The molecule has 2 aliphatic rings. The highest BCUT2D eigenvalue weighted by Crippen LogP contribution is 2.48. The zero-order valence-electron chi connectivity index (χ0n) is 13.2. The van der Waals surface area contributed by atoms with Crippen LogP contribution in [0.1, 0.15) is 29.9 Å². The third-order valence-electron chi connectivity index (χ3n) is 4.53. The molecule has 0 aromatic carbocycles. The van der Waals surface area contributed by atoms with E-state index in [4.69, 9.17) is 5.11 Å². The van der Waals surface area contributed by atoms with Crippen molar-refractivity contribution in [2.24, 2.45) is 0 Å². The number of sulfone groups is 1. The first-order valence-corrected chi connectivity index (χ1v) is 8.74. The van der Waals surface area contributed by atoms with Crippen LogP contribution in [0, 0.1) is 0 Å². The lowest BCUT2D eigenvalue weighted by Crippen LogP contribution is -2.58. The molecular weight excluding hydrogens is 352 g/mol. The van der Waals surface area contributed by atoms with Crippen LogP contribution in [0.25, 0.3) is 6.08 Å². The lowest BCUT2D eigenvalue weighted by molar-refractivity contribution is -0.152. The van der Waals surface area contributed by atoms with Crippen molar-refractivity contribution in [2.45, 2.75) is 30.0 Å². The van der Waals surface area contributed by atoms with Crippen LogP contribution < -0.4 is 0 Å². The van der Waals surface area contributed by atoms with E-state index in [0.717, 1.165) is 11.1 Å². The van der Waals surface area contributed by atoms with Crippen molar-refractivity contribution in [3.8, 4) is 0 Å². The summed E-state index contributed by atoms with van der Waals surface area (Å²) in [6.07, 6.45) is 2.33. The molecule has 2 saturated heterocycles. The lowest BCUT2D eigenvalue weighted by atomic mass is 9.95. The largest absolute Gasteiger partial charge is 0.480 e. The van der Waals surface area contributed by atoms with Gasteiger partial charge in [0.05, 0.1) is 16.8 Å². The summed E-state index contributed by atoms with van der Waals surface area (Å²) in [5.41, 5.74) is 0.0801. The van der Waals surface area contributed by atoms with E-state index in [2.05, 4.69) is 4.98 Å². The van der Waals surface area contributed by atoms with Crippen molar-refractivity contribution in [3.05, 3.63) is 35.2 Å². The fourth-order valence-electron chi connectivity index (χ4n) is 3.12. The van der Waals surface area contributed by atoms with E-state index in [1.54, 1.807) is 0 Å². The van der Waals surface area contributed by atoms with E-state index >= 15 is 0 Å². The van der Waals surface area contributed by atoms with Crippen molar-refractivity contribution in [1.82, 2.24) is 9.88 Å². The minimum Gasteiger partial charge on any atom is -0.480 e. The Labute approximate surface area is 142 Å². The van der Waals surface area contributed by atoms with Gasteiger partial charge in [-0.3, -0.25) is 9.78 Å². The van der Waals surface area contributed by atoms with E-state index in [1.807, 2.05) is 0 Å². The highest BCUT2D eigenvalue weighted by molar-refractivity contribution is 7.94. The number of nitrogens with zero attached hydrogens (tertiary/aromatic N) is 2. The van der Waals surface area contributed by atoms with Gasteiger partial charge in [-0.05, 0) is 32.1 Å². The minimum atomic E-state index is -3.95. The normalized spacial score (nSPS) is 27.7. The number of aromatic nitrogens is 1. The summed E-state index contributed by atoms with van der Waals surface area (Å²) in [7, 11) is -3.95. The molecule has 0 unspecified atom stereocenters. The summed E-state index contributed by atoms with van der Waals surface area (Å²) in [6, 6.07) is 1.15. The summed E-state index contributed by atoms with van der Waals surface area (Å²) in [6.45, 7) is 2.56. The molecule has 2 fully saturated rings. The van der Waals surface area contributed by atoms with Crippen molar-refractivity contribution >= 4 is 33.8 Å². The predicted molar refractivity (Wildman–Crippen MR) is 84.2 cm³/mol. The fraction of sp³-hybridized carbons (Fsp3) is 0.333. The molecule has 0 spiro atoms. The van der Waals surface area contributed by atoms with Gasteiger partial charge in [0.25, 0.3) is 5.91 Å². The number of pyridine rings is 1. The molecule has 1 amide bonds. The molecule has 0 bridgehead atoms. The lowest BCUT2D eigenvalue weighted by Gasteiger charge is -2.37. The fourth-order valence-corrected chi connectivity index (χ4v) is 5.24. The number of rotatable bonds is 3. The summed E-state index contributed by atoms with van der Waals surface area (Å²) in [5.74, 6) is -3.23. The van der Waals surface area contributed by atoms with Crippen molar-refractivity contribution < 1.29 is 33.0 Å². The molecular formula is C15H14N2O7S. The highest BCUT2D eigenvalue weighted by atomic mass is 32.2. The standard InChI is InChI=1S/C15H14N2O7S/c1-15(2)10(14(21)22)17-11(18)9(12(17)25(15,23)24)5-8-4-3-7(6-16-8)13(19)20/h3-6,10,12H,1-2H3,(H,19,20)(H,21,22)/b9-5-/t10-,12+/m0/s1. The SMILES string of the molecule is CC1(C)[C@H](C(=O)O)N2C(=O)/C(=C/c3ccc(C(=O)O)cn3)[C@H]2S1(=O)=O. The van der Waals surface area contributed by atoms with Crippen molar-refractivity contribution in [2.75, 3.05) is 0 Å². The predicted octanol–water partition coefficient (Wildman–Crippen LogP) is -0.00830. The van der Waals surface area contributed by atoms with E-state index in [9.17, 15) is 27.9 Å². The van der Waals surface area contributed by atoms with Gasteiger partial charge in [-0.2, -0.15) is 0 Å². The Bertz CT molecular complexity index is 931. The monoisotopic (exact) mass is 366 g/mol. The second kappa shape index (κ2) is 5.12. The molecule has 25 heavy (non-hydrogen) atoms. The summed E-state index contributed by atoms with van der Waals surface area (Å²) in [5, 5.41) is 16.8. The molecule has 0 saturated carbocycles. The molecule has 3 rings (SSSR count). The second-order valence-corrected chi connectivity index (χ2v) is 8.92. The maximum absolute atomic E-state index is 12.7. The Morgan fingerprint density at radius 1 is 1.28 bits per heavy atom. The Morgan fingerprint density at radius 3 is 2.40 bits per heavy atom. The molecule has 132 valence electrons. The van der Waals surface area contributed by atoms with Crippen LogP contribution >= 0.6 is 0 Å². The maximum atomic E-state index is 12.7. The number of aromatic carboxylic acids is 1. The number of β-lactam (4-membered cyclic amide) rings is 1. The van der Waals surface area contributed by atoms with Gasteiger partial charge in [-0.1, -0.05) is 0 Å². The van der Waals surface area contributed by atoms with Gasteiger partial charge in [0, 0.05) is 6.20 Å². The van der Waals surface area contributed by atoms with Gasteiger partial charge in [0.2, 0.25) is 0 Å². The highest BCUT2D eigenvalue weighted by Gasteiger charge is 2.70. The minimum absolute atomic E-state index is 0.0516. The van der Waals surface area contributed by atoms with Gasteiger partial charge in [-0.15, -0.1) is 0 Å². The Kier molecular flexibility index (Phi) is 3.50. The van der Waals surface area contributed by atoms with Crippen LogP contribution in [0.15, 0.2) is 23.9 Å². The maximum Gasteiger partial charge on any atom is 0.337 e. The number of fused-ring (bicyclic) bond motifs is 1. The van der Waals surface area contributed by atoms with Crippen LogP contribution in [0.4, 0.5) is 0 Å². The molecule has 9 nitrogen and oxygen atoms in total. The van der Waals surface area contributed by atoms with Gasteiger partial charge in [0.1, 0.15) is 4.75 Å². The van der Waals surface area contributed by atoms with Crippen molar-refractivity contribution in [3.63, 3.8) is 0 Å². The number of carboxylic acid groups (broad SMARTS) is 2. The van der Waals surface area contributed by atoms with Gasteiger partial charge >= 0.3 is 11.9 Å². The molecule has 0 aliphatic carbocycles. The number of hydrogen-bond acceptors (Lipinski definition) is 6. The number of aliphatic carboxylic acids is 1. The summed E-state index contributed by atoms with van der Waals surface area (Å²) in [4.78, 5) is 39.3. The van der Waals surface area contributed by atoms with E-state index < -0.39 is 43.8 Å². The Morgan fingerprint density at radius 2 is 1.92 bits per heavy atom. The van der Waals surface area contributed by atoms with Gasteiger partial charge < -0.3 is 15.1 Å². The zero-order valence-corrected chi connectivity index (χ0v) is 14.0. The van der Waals surface area contributed by atoms with Crippen LogP contribution in [-0.4, -0.2) is 62.5 Å². The molecule has 2 atom stereocenters. The summed E-state index contributed by atoms with van der Waals surface area (Å²) >= 11 is 0. The molecule has 0 radical (unpaired) electrons. The number of amides is 1. The smallest absolute Gasteiger partial charge is 0.337 e. The number of hydrogen-bond donors (Lipinski definition) is 2. The van der Waals surface area contributed by atoms with Gasteiger partial charge in [-0.25, -0.2) is 18.0 Å². The molecule has 3 heterocycles. The first-order valence-electron chi connectivity index (χ1n) is 7.20. The van der Waals surface area contributed by atoms with Crippen LogP contribution in [-0.2, 0) is 19.4 Å². The van der Waals surface area contributed by atoms with Crippen LogP contribution in [0.5, 0.6) is 0 Å². The Hall–Kier alpha value is -2.75. The second-order valence-electron chi connectivity index (χ2n) is 6.33. The third-order valence-corrected chi connectivity index (χ3v) is 7.29.